The third kappa shape index (κ3) is 2.46. The molecule has 6 heteroatoms. The summed E-state index contributed by atoms with van der Waals surface area (Å²) in [4.78, 5) is 12.3. The molecule has 18 heavy (non-hydrogen) atoms. The molecule has 0 radical (unpaired) electrons. The molecular formula is C12H11ClN2O3. The van der Waals surface area contributed by atoms with Crippen molar-refractivity contribution in [2.45, 2.75) is 6.54 Å². The van der Waals surface area contributed by atoms with Crippen molar-refractivity contribution in [3.8, 4) is 0 Å². The highest BCUT2D eigenvalue weighted by molar-refractivity contribution is 6.33. The summed E-state index contributed by atoms with van der Waals surface area (Å²) >= 11 is 5.86. The molecule has 0 aliphatic heterocycles. The van der Waals surface area contributed by atoms with Gasteiger partial charge in [0, 0.05) is 19.2 Å². The van der Waals surface area contributed by atoms with E-state index < -0.39 is 4.92 Å². The lowest BCUT2D eigenvalue weighted by atomic mass is 10.2. The third-order valence-corrected chi connectivity index (χ3v) is 2.86. The van der Waals surface area contributed by atoms with Crippen LogP contribution in [0.3, 0.4) is 0 Å². The SMILES string of the molecule is CN(Cc1ccoc1)c1cccc(Cl)c1[N+](=O)[O-]. The highest BCUT2D eigenvalue weighted by Crippen LogP contribution is 2.34. The summed E-state index contributed by atoms with van der Waals surface area (Å²) in [6.45, 7) is 0.512. The van der Waals surface area contributed by atoms with E-state index in [1.165, 1.54) is 6.07 Å². The van der Waals surface area contributed by atoms with Crippen LogP contribution in [0.4, 0.5) is 11.4 Å². The summed E-state index contributed by atoms with van der Waals surface area (Å²) in [6.07, 6.45) is 3.17. The first-order valence-electron chi connectivity index (χ1n) is 5.24. The molecule has 0 bridgehead atoms. The van der Waals surface area contributed by atoms with Gasteiger partial charge in [-0.3, -0.25) is 10.1 Å². The lowest BCUT2D eigenvalue weighted by Crippen LogP contribution is -2.17. The minimum absolute atomic E-state index is 0.0786. The van der Waals surface area contributed by atoms with Crippen LogP contribution in [0, 0.1) is 10.1 Å². The minimum atomic E-state index is -0.469. The molecule has 2 aromatic rings. The Morgan fingerprint density at radius 3 is 2.83 bits per heavy atom. The van der Waals surface area contributed by atoms with Crippen molar-refractivity contribution < 1.29 is 9.34 Å². The van der Waals surface area contributed by atoms with E-state index in [1.54, 1.807) is 36.6 Å². The minimum Gasteiger partial charge on any atom is -0.472 e. The number of halogens is 1. The van der Waals surface area contributed by atoms with E-state index in [-0.39, 0.29) is 10.7 Å². The zero-order valence-corrected chi connectivity index (χ0v) is 10.4. The average Bonchev–Trinajstić information content (AvgIpc) is 2.80. The summed E-state index contributed by atoms with van der Waals surface area (Å²) < 4.78 is 4.97. The van der Waals surface area contributed by atoms with Gasteiger partial charge in [0.15, 0.2) is 0 Å². The molecule has 0 N–H and O–H groups in total. The normalized spacial score (nSPS) is 10.3. The molecule has 0 amide bonds. The van der Waals surface area contributed by atoms with Crippen molar-refractivity contribution in [1.29, 1.82) is 0 Å². The van der Waals surface area contributed by atoms with Crippen LogP contribution in [0.15, 0.2) is 41.2 Å². The summed E-state index contributed by atoms with van der Waals surface area (Å²) in [5.41, 5.74) is 1.34. The Hall–Kier alpha value is -2.01. The van der Waals surface area contributed by atoms with Crippen molar-refractivity contribution in [3.63, 3.8) is 0 Å². The molecular weight excluding hydrogens is 256 g/mol. The Kier molecular flexibility index (Phi) is 3.53. The van der Waals surface area contributed by atoms with E-state index >= 15 is 0 Å². The van der Waals surface area contributed by atoms with E-state index in [0.717, 1.165) is 5.56 Å². The van der Waals surface area contributed by atoms with Crippen molar-refractivity contribution in [1.82, 2.24) is 0 Å². The molecule has 0 saturated carbocycles. The van der Waals surface area contributed by atoms with Crippen LogP contribution < -0.4 is 4.90 Å². The fourth-order valence-electron chi connectivity index (χ4n) is 1.73. The standard InChI is InChI=1S/C12H11ClN2O3/c1-14(7-9-5-6-18-8-9)11-4-2-3-10(13)12(11)15(16)17/h2-6,8H,7H2,1H3. The zero-order chi connectivity index (χ0) is 13.1. The predicted octanol–water partition coefficient (Wildman–Crippen LogP) is 3.48. The summed E-state index contributed by atoms with van der Waals surface area (Å²) in [5, 5.41) is 11.2. The number of para-hydroxylation sites is 1. The third-order valence-electron chi connectivity index (χ3n) is 2.56. The van der Waals surface area contributed by atoms with Crippen LogP contribution in [-0.4, -0.2) is 12.0 Å². The smallest absolute Gasteiger partial charge is 0.310 e. The van der Waals surface area contributed by atoms with Gasteiger partial charge < -0.3 is 9.32 Å². The molecule has 0 saturated heterocycles. The number of anilines is 1. The van der Waals surface area contributed by atoms with Gasteiger partial charge in [0.1, 0.15) is 10.7 Å². The Morgan fingerprint density at radius 1 is 1.44 bits per heavy atom. The fraction of sp³-hybridized carbons (Fsp3) is 0.167. The van der Waals surface area contributed by atoms with Crippen LogP contribution >= 0.6 is 11.6 Å². The van der Waals surface area contributed by atoms with E-state index in [9.17, 15) is 10.1 Å². The second kappa shape index (κ2) is 5.10. The maximum Gasteiger partial charge on any atom is 0.310 e. The number of furan rings is 1. The first-order valence-corrected chi connectivity index (χ1v) is 5.62. The van der Waals surface area contributed by atoms with Gasteiger partial charge in [-0.1, -0.05) is 17.7 Å². The van der Waals surface area contributed by atoms with Crippen LogP contribution in [-0.2, 0) is 6.54 Å². The van der Waals surface area contributed by atoms with Gasteiger partial charge in [-0.2, -0.15) is 0 Å². The maximum absolute atomic E-state index is 11.0. The average molecular weight is 267 g/mol. The zero-order valence-electron chi connectivity index (χ0n) is 9.67. The molecule has 0 unspecified atom stereocenters. The predicted molar refractivity (Wildman–Crippen MR) is 68.9 cm³/mol. The van der Waals surface area contributed by atoms with Gasteiger partial charge in [-0.05, 0) is 18.2 Å². The highest BCUT2D eigenvalue weighted by Gasteiger charge is 2.21. The number of nitro benzene ring substituents is 1. The van der Waals surface area contributed by atoms with E-state index in [1.807, 2.05) is 6.07 Å². The molecule has 2 rings (SSSR count). The van der Waals surface area contributed by atoms with Crippen LogP contribution in [0.1, 0.15) is 5.56 Å². The first-order chi connectivity index (χ1) is 8.59. The van der Waals surface area contributed by atoms with Gasteiger partial charge in [-0.25, -0.2) is 0 Å². The molecule has 1 aromatic heterocycles. The van der Waals surface area contributed by atoms with Gasteiger partial charge in [0.25, 0.3) is 0 Å². The number of nitro groups is 1. The largest absolute Gasteiger partial charge is 0.472 e. The molecule has 1 aromatic carbocycles. The summed E-state index contributed by atoms with van der Waals surface area (Å²) in [6, 6.07) is 6.68. The summed E-state index contributed by atoms with van der Waals surface area (Å²) in [5.74, 6) is 0. The Balaban J connectivity index is 2.32. The lowest BCUT2D eigenvalue weighted by molar-refractivity contribution is -0.384. The topological polar surface area (TPSA) is 59.5 Å². The van der Waals surface area contributed by atoms with Gasteiger partial charge in [-0.15, -0.1) is 0 Å². The highest BCUT2D eigenvalue weighted by atomic mass is 35.5. The Bertz CT molecular complexity index is 554. The van der Waals surface area contributed by atoms with Crippen molar-refractivity contribution in [2.24, 2.45) is 0 Å². The Labute approximate surface area is 109 Å². The molecule has 0 atom stereocenters. The summed E-state index contributed by atoms with van der Waals surface area (Å²) in [7, 11) is 1.77. The van der Waals surface area contributed by atoms with Gasteiger partial charge >= 0.3 is 5.69 Å². The van der Waals surface area contributed by atoms with Crippen LogP contribution in [0.5, 0.6) is 0 Å². The number of nitrogens with zero attached hydrogens (tertiary/aromatic N) is 2. The maximum atomic E-state index is 11.0. The molecule has 0 aliphatic carbocycles. The number of hydrogen-bond donors (Lipinski definition) is 0. The van der Waals surface area contributed by atoms with Crippen LogP contribution in [0.2, 0.25) is 5.02 Å². The molecule has 94 valence electrons. The second-order valence-corrected chi connectivity index (χ2v) is 4.26. The molecule has 0 aliphatic rings. The van der Waals surface area contributed by atoms with Gasteiger partial charge in [0.05, 0.1) is 17.4 Å². The van der Waals surface area contributed by atoms with Crippen molar-refractivity contribution in [2.75, 3.05) is 11.9 Å². The molecule has 0 fully saturated rings. The number of rotatable bonds is 4. The fourth-order valence-corrected chi connectivity index (χ4v) is 1.97. The van der Waals surface area contributed by atoms with Gasteiger partial charge in [0.2, 0.25) is 0 Å². The van der Waals surface area contributed by atoms with Crippen LogP contribution in [0.25, 0.3) is 0 Å². The van der Waals surface area contributed by atoms with E-state index in [0.29, 0.717) is 12.2 Å². The van der Waals surface area contributed by atoms with Crippen molar-refractivity contribution in [3.05, 3.63) is 57.5 Å². The first kappa shape index (κ1) is 12.4. The molecule has 1 heterocycles. The van der Waals surface area contributed by atoms with E-state index in [4.69, 9.17) is 16.0 Å². The monoisotopic (exact) mass is 266 g/mol. The molecule has 0 spiro atoms. The lowest BCUT2D eigenvalue weighted by Gasteiger charge is -2.18. The second-order valence-electron chi connectivity index (χ2n) is 3.85. The van der Waals surface area contributed by atoms with E-state index in [2.05, 4.69) is 0 Å². The van der Waals surface area contributed by atoms with Crippen molar-refractivity contribution >= 4 is 23.0 Å². The number of benzene rings is 1. The number of hydrogen-bond acceptors (Lipinski definition) is 4. The quantitative estimate of drug-likeness (QED) is 0.628. The molecule has 5 nitrogen and oxygen atoms in total. The Morgan fingerprint density at radius 2 is 2.22 bits per heavy atom.